The predicted octanol–water partition coefficient (Wildman–Crippen LogP) is 3.33. The second kappa shape index (κ2) is 7.74. The first kappa shape index (κ1) is 15.4. The average Bonchev–Trinajstić information content (AvgIpc) is 2.48. The lowest BCUT2D eigenvalue weighted by Crippen LogP contribution is -1.98. The summed E-state index contributed by atoms with van der Waals surface area (Å²) in [5.74, 6) is 0.698. The number of hydrogen-bond acceptors (Lipinski definition) is 4. The van der Waals surface area contributed by atoms with E-state index in [1.165, 1.54) is 18.0 Å². The molecule has 21 heavy (non-hydrogen) atoms. The summed E-state index contributed by atoms with van der Waals surface area (Å²) in [4.78, 5) is 8.19. The molecule has 1 heterocycles. The first-order chi connectivity index (χ1) is 10.1. The number of aromatic nitrogens is 2. The highest BCUT2D eigenvalue weighted by atomic mass is 16.3. The molecule has 0 saturated carbocycles. The van der Waals surface area contributed by atoms with Gasteiger partial charge in [-0.15, -0.1) is 0 Å². The fraction of sp³-hybridized carbons (Fsp3) is 0.412. The molecule has 0 fully saturated rings. The third-order valence-electron chi connectivity index (χ3n) is 3.44. The molecule has 4 nitrogen and oxygen atoms in total. The van der Waals surface area contributed by atoms with Gasteiger partial charge in [0.1, 0.15) is 0 Å². The maximum absolute atomic E-state index is 9.20. The third-order valence-corrected chi connectivity index (χ3v) is 3.44. The zero-order chi connectivity index (χ0) is 15.1. The van der Waals surface area contributed by atoms with E-state index in [2.05, 4.69) is 22.1 Å². The van der Waals surface area contributed by atoms with E-state index in [4.69, 9.17) is 0 Å². The maximum Gasteiger partial charge on any atom is 0.159 e. The Morgan fingerprint density at radius 1 is 1.00 bits per heavy atom. The summed E-state index contributed by atoms with van der Waals surface area (Å²) in [5, 5.41) is 18.4. The summed E-state index contributed by atoms with van der Waals surface area (Å²) < 4.78 is 0. The molecule has 1 atom stereocenters. The molecule has 0 spiro atoms. The number of rotatable bonds is 7. The maximum atomic E-state index is 9.20. The molecule has 2 rings (SSSR count). The summed E-state index contributed by atoms with van der Waals surface area (Å²) in [5.41, 5.74) is 2.25. The van der Waals surface area contributed by atoms with E-state index in [1.807, 2.05) is 19.1 Å². The van der Waals surface area contributed by atoms with Crippen molar-refractivity contribution in [2.45, 2.75) is 45.1 Å². The lowest BCUT2D eigenvalue weighted by atomic mass is 10.0. The van der Waals surface area contributed by atoms with Gasteiger partial charge in [-0.2, -0.15) is 0 Å². The van der Waals surface area contributed by atoms with Crippen molar-refractivity contribution in [1.82, 2.24) is 9.97 Å². The van der Waals surface area contributed by atoms with Crippen LogP contribution in [-0.2, 0) is 6.42 Å². The van der Waals surface area contributed by atoms with Gasteiger partial charge >= 0.3 is 0 Å². The molecule has 1 unspecified atom stereocenters. The van der Waals surface area contributed by atoms with Gasteiger partial charge in [-0.05, 0) is 31.7 Å². The summed E-state index contributed by atoms with van der Waals surface area (Å²) in [6.45, 7) is 1.84. The van der Waals surface area contributed by atoms with Crippen LogP contribution in [0.25, 0.3) is 11.4 Å². The topological polar surface area (TPSA) is 66.2 Å². The quantitative estimate of drug-likeness (QED) is 0.766. The van der Waals surface area contributed by atoms with Crippen molar-refractivity contribution in [3.63, 3.8) is 0 Å². The summed E-state index contributed by atoms with van der Waals surface area (Å²) >= 11 is 0. The Balaban J connectivity index is 1.83. The molecule has 0 radical (unpaired) electrons. The van der Waals surface area contributed by atoms with Crippen LogP contribution in [0.15, 0.2) is 36.7 Å². The molecule has 2 aromatic rings. The van der Waals surface area contributed by atoms with Gasteiger partial charge in [-0.1, -0.05) is 37.1 Å². The Morgan fingerprint density at radius 2 is 1.67 bits per heavy atom. The molecule has 0 aliphatic heterocycles. The van der Waals surface area contributed by atoms with Crippen molar-refractivity contribution in [3.8, 4) is 17.1 Å². The highest BCUT2D eigenvalue weighted by Crippen LogP contribution is 2.18. The zero-order valence-corrected chi connectivity index (χ0v) is 12.4. The second-order valence-electron chi connectivity index (χ2n) is 5.41. The van der Waals surface area contributed by atoms with Crippen LogP contribution >= 0.6 is 0 Å². The highest BCUT2D eigenvalue weighted by Gasteiger charge is 2.02. The summed E-state index contributed by atoms with van der Waals surface area (Å²) in [6, 6.07) is 8.22. The van der Waals surface area contributed by atoms with Crippen molar-refractivity contribution < 1.29 is 10.2 Å². The van der Waals surface area contributed by atoms with Crippen LogP contribution in [0.2, 0.25) is 0 Å². The van der Waals surface area contributed by atoms with Crippen LogP contribution < -0.4 is 0 Å². The monoisotopic (exact) mass is 286 g/mol. The van der Waals surface area contributed by atoms with Crippen LogP contribution in [0, 0.1) is 0 Å². The number of nitrogens with zero attached hydrogens (tertiary/aromatic N) is 2. The Kier molecular flexibility index (Phi) is 5.69. The van der Waals surface area contributed by atoms with Gasteiger partial charge in [0.15, 0.2) is 11.6 Å². The van der Waals surface area contributed by atoms with Crippen LogP contribution in [-0.4, -0.2) is 26.3 Å². The lowest BCUT2D eigenvalue weighted by molar-refractivity contribution is 0.180. The van der Waals surface area contributed by atoms with E-state index in [9.17, 15) is 10.2 Å². The number of hydrogen-bond donors (Lipinski definition) is 2. The average molecular weight is 286 g/mol. The molecule has 0 bridgehead atoms. The Hall–Kier alpha value is -1.94. The minimum atomic E-state index is -0.186. The van der Waals surface area contributed by atoms with Crippen molar-refractivity contribution in [2.24, 2.45) is 0 Å². The Morgan fingerprint density at radius 3 is 2.29 bits per heavy atom. The molecule has 0 aliphatic carbocycles. The van der Waals surface area contributed by atoms with Crippen molar-refractivity contribution in [1.29, 1.82) is 0 Å². The Labute approximate surface area is 125 Å². The minimum absolute atomic E-state index is 0.0765. The summed E-state index contributed by atoms with van der Waals surface area (Å²) in [7, 11) is 0. The zero-order valence-electron chi connectivity index (χ0n) is 12.4. The minimum Gasteiger partial charge on any atom is -0.505 e. The van der Waals surface area contributed by atoms with Crippen molar-refractivity contribution >= 4 is 0 Å². The molecule has 4 heteroatoms. The lowest BCUT2D eigenvalue weighted by Gasteiger charge is -2.05. The largest absolute Gasteiger partial charge is 0.505 e. The molecule has 0 saturated heterocycles. The number of aromatic hydroxyl groups is 1. The number of aliphatic hydroxyl groups is 1. The number of aliphatic hydroxyl groups excluding tert-OH is 1. The van der Waals surface area contributed by atoms with E-state index in [-0.39, 0.29) is 11.9 Å². The molecule has 1 aromatic carbocycles. The molecule has 0 aliphatic rings. The van der Waals surface area contributed by atoms with Crippen molar-refractivity contribution in [2.75, 3.05) is 0 Å². The SMILES string of the molecule is CC(O)CCCCCc1ccc(-c2ncc(O)cn2)cc1. The molecule has 1 aromatic heterocycles. The van der Waals surface area contributed by atoms with Crippen molar-refractivity contribution in [3.05, 3.63) is 42.2 Å². The highest BCUT2D eigenvalue weighted by molar-refractivity contribution is 5.55. The van der Waals surface area contributed by atoms with E-state index in [0.717, 1.165) is 37.7 Å². The first-order valence-electron chi connectivity index (χ1n) is 7.43. The van der Waals surface area contributed by atoms with Gasteiger partial charge < -0.3 is 10.2 Å². The molecule has 112 valence electrons. The molecule has 2 N–H and O–H groups in total. The van der Waals surface area contributed by atoms with Crippen LogP contribution in [0.3, 0.4) is 0 Å². The number of benzene rings is 1. The fourth-order valence-electron chi connectivity index (χ4n) is 2.24. The molecular weight excluding hydrogens is 264 g/mol. The van der Waals surface area contributed by atoms with Gasteiger partial charge in [0.2, 0.25) is 0 Å². The predicted molar refractivity (Wildman–Crippen MR) is 83.0 cm³/mol. The van der Waals surface area contributed by atoms with E-state index in [1.54, 1.807) is 0 Å². The van der Waals surface area contributed by atoms with E-state index < -0.39 is 0 Å². The van der Waals surface area contributed by atoms with E-state index >= 15 is 0 Å². The first-order valence-corrected chi connectivity index (χ1v) is 7.43. The normalized spacial score (nSPS) is 12.3. The molecular formula is C17H22N2O2. The van der Waals surface area contributed by atoms with Gasteiger partial charge in [-0.25, -0.2) is 9.97 Å². The van der Waals surface area contributed by atoms with Gasteiger partial charge in [0.25, 0.3) is 0 Å². The Bertz CT molecular complexity index is 536. The standard InChI is InChI=1S/C17H22N2O2/c1-13(20)5-3-2-4-6-14-7-9-15(10-8-14)17-18-11-16(21)12-19-17/h7-13,20-21H,2-6H2,1H3. The molecule has 0 amide bonds. The number of aryl methyl sites for hydroxylation is 1. The summed E-state index contributed by atoms with van der Waals surface area (Å²) in [6.07, 6.45) is 7.92. The van der Waals surface area contributed by atoms with E-state index in [0.29, 0.717) is 5.82 Å². The number of unbranched alkanes of at least 4 members (excludes halogenated alkanes) is 2. The van der Waals surface area contributed by atoms with Crippen LogP contribution in [0.1, 0.15) is 38.2 Å². The van der Waals surface area contributed by atoms with Gasteiger partial charge in [0, 0.05) is 5.56 Å². The smallest absolute Gasteiger partial charge is 0.159 e. The second-order valence-corrected chi connectivity index (χ2v) is 5.41. The fourth-order valence-corrected chi connectivity index (χ4v) is 2.24. The van der Waals surface area contributed by atoms with Crippen LogP contribution in [0.4, 0.5) is 0 Å². The van der Waals surface area contributed by atoms with Crippen LogP contribution in [0.5, 0.6) is 5.75 Å². The van der Waals surface area contributed by atoms with Gasteiger partial charge in [0.05, 0.1) is 18.5 Å². The van der Waals surface area contributed by atoms with Gasteiger partial charge in [-0.3, -0.25) is 0 Å². The third kappa shape index (κ3) is 5.16.